The molecular weight excluding hydrogens is 363 g/mol. The first-order chi connectivity index (χ1) is 13.5. The molecule has 2 aliphatic rings. The van der Waals surface area contributed by atoms with Gasteiger partial charge in [-0.1, -0.05) is 6.07 Å². The average Bonchev–Trinajstić information content (AvgIpc) is 3.18. The van der Waals surface area contributed by atoms with Crippen molar-refractivity contribution in [2.45, 2.75) is 25.8 Å². The van der Waals surface area contributed by atoms with Crippen molar-refractivity contribution in [1.29, 1.82) is 0 Å². The molecule has 1 atom stereocenters. The van der Waals surface area contributed by atoms with Crippen LogP contribution in [0.1, 0.15) is 41.7 Å². The Labute approximate surface area is 162 Å². The van der Waals surface area contributed by atoms with E-state index in [9.17, 15) is 14.0 Å². The minimum absolute atomic E-state index is 0.00780. The van der Waals surface area contributed by atoms with Crippen LogP contribution in [0.2, 0.25) is 0 Å². The molecule has 0 aliphatic carbocycles. The molecule has 146 valence electrons. The monoisotopic (exact) mass is 384 g/mol. The summed E-state index contributed by atoms with van der Waals surface area (Å²) < 4.78 is 25.1. The number of likely N-dealkylation sites (tertiary alicyclic amines) is 1. The molecular formula is C21H21FN2O4. The van der Waals surface area contributed by atoms with E-state index < -0.39 is 5.82 Å². The zero-order valence-corrected chi connectivity index (χ0v) is 15.5. The van der Waals surface area contributed by atoms with Crippen LogP contribution in [0, 0.1) is 5.82 Å². The van der Waals surface area contributed by atoms with Crippen molar-refractivity contribution in [3.63, 3.8) is 0 Å². The highest BCUT2D eigenvalue weighted by molar-refractivity contribution is 5.97. The van der Waals surface area contributed by atoms with E-state index in [4.69, 9.17) is 9.47 Å². The van der Waals surface area contributed by atoms with Crippen LogP contribution < -0.4 is 14.8 Å². The van der Waals surface area contributed by atoms with E-state index in [0.717, 1.165) is 18.4 Å². The van der Waals surface area contributed by atoms with Crippen LogP contribution in [0.5, 0.6) is 11.5 Å². The molecule has 0 spiro atoms. The fraction of sp³-hybridized carbons (Fsp3) is 0.333. The minimum Gasteiger partial charge on any atom is -0.486 e. The molecule has 2 aliphatic heterocycles. The van der Waals surface area contributed by atoms with Crippen LogP contribution in [0.25, 0.3) is 0 Å². The van der Waals surface area contributed by atoms with Crippen molar-refractivity contribution in [3.05, 3.63) is 53.3 Å². The van der Waals surface area contributed by atoms with Crippen molar-refractivity contribution in [3.8, 4) is 11.5 Å². The number of hydrogen-bond acceptors (Lipinski definition) is 4. The Kier molecular flexibility index (Phi) is 4.90. The van der Waals surface area contributed by atoms with Gasteiger partial charge in [-0.3, -0.25) is 9.59 Å². The van der Waals surface area contributed by atoms with Crippen molar-refractivity contribution in [1.82, 2.24) is 4.90 Å². The second-order valence-electron chi connectivity index (χ2n) is 6.94. The maximum atomic E-state index is 13.9. The molecule has 0 radical (unpaired) electrons. The molecule has 1 fully saturated rings. The predicted molar refractivity (Wildman–Crippen MR) is 101 cm³/mol. The topological polar surface area (TPSA) is 67.9 Å². The molecule has 2 amide bonds. The number of amides is 2. The maximum Gasteiger partial charge on any atom is 0.254 e. The van der Waals surface area contributed by atoms with Crippen LogP contribution in [0.4, 0.5) is 10.1 Å². The average molecular weight is 384 g/mol. The van der Waals surface area contributed by atoms with Crippen LogP contribution in [0.3, 0.4) is 0 Å². The fourth-order valence-corrected chi connectivity index (χ4v) is 3.73. The zero-order chi connectivity index (χ0) is 19.7. The Hall–Kier alpha value is -3.09. The Morgan fingerprint density at radius 1 is 1.11 bits per heavy atom. The third-order valence-corrected chi connectivity index (χ3v) is 4.99. The fourth-order valence-electron chi connectivity index (χ4n) is 3.73. The number of anilines is 1. The van der Waals surface area contributed by atoms with E-state index in [1.807, 2.05) is 18.2 Å². The number of carbonyl (C=O) groups is 2. The summed E-state index contributed by atoms with van der Waals surface area (Å²) in [6.07, 6.45) is 1.72. The van der Waals surface area contributed by atoms with Crippen molar-refractivity contribution in [2.24, 2.45) is 0 Å². The van der Waals surface area contributed by atoms with E-state index in [-0.39, 0.29) is 23.5 Å². The number of halogens is 1. The Bertz CT molecular complexity index is 931. The van der Waals surface area contributed by atoms with Gasteiger partial charge in [0.25, 0.3) is 5.91 Å². The van der Waals surface area contributed by atoms with E-state index in [2.05, 4.69) is 5.32 Å². The molecule has 7 heteroatoms. The van der Waals surface area contributed by atoms with Gasteiger partial charge < -0.3 is 19.7 Å². The van der Waals surface area contributed by atoms with Crippen LogP contribution >= 0.6 is 0 Å². The molecule has 6 nitrogen and oxygen atoms in total. The second-order valence-corrected chi connectivity index (χ2v) is 6.94. The first-order valence-electron chi connectivity index (χ1n) is 9.30. The van der Waals surface area contributed by atoms with Crippen molar-refractivity contribution in [2.75, 3.05) is 25.1 Å². The molecule has 1 saturated heterocycles. The molecule has 0 bridgehead atoms. The molecule has 4 rings (SSSR count). The largest absolute Gasteiger partial charge is 0.486 e. The van der Waals surface area contributed by atoms with Crippen LogP contribution in [0.15, 0.2) is 36.4 Å². The zero-order valence-electron chi connectivity index (χ0n) is 15.5. The van der Waals surface area contributed by atoms with Gasteiger partial charge in [0.2, 0.25) is 5.91 Å². The highest BCUT2D eigenvalue weighted by Gasteiger charge is 2.31. The number of nitrogens with zero attached hydrogens (tertiary/aromatic N) is 1. The third-order valence-electron chi connectivity index (χ3n) is 4.99. The normalized spacial score (nSPS) is 18.1. The molecule has 2 aromatic carbocycles. The molecule has 2 aromatic rings. The van der Waals surface area contributed by atoms with Crippen molar-refractivity contribution < 1.29 is 23.5 Å². The summed E-state index contributed by atoms with van der Waals surface area (Å²) in [4.78, 5) is 26.2. The first-order valence-corrected chi connectivity index (χ1v) is 9.30. The Morgan fingerprint density at radius 2 is 1.89 bits per heavy atom. The first kappa shape index (κ1) is 18.3. The summed E-state index contributed by atoms with van der Waals surface area (Å²) in [5, 5.41) is 2.42. The maximum absolute atomic E-state index is 13.9. The standard InChI is InChI=1S/C21H21FN2O4/c1-13(25)23-17-11-15(4-6-16(17)22)21(26)24-8-2-3-18(24)14-5-7-19-20(12-14)28-10-9-27-19/h4-7,11-12,18H,2-3,8-10H2,1H3,(H,23,25)/t18-/m0/s1. The summed E-state index contributed by atoms with van der Waals surface area (Å²) in [6.45, 7) is 2.95. The highest BCUT2D eigenvalue weighted by Crippen LogP contribution is 2.38. The number of benzene rings is 2. The summed E-state index contributed by atoms with van der Waals surface area (Å²) in [5.74, 6) is 0.251. The van der Waals surface area contributed by atoms with E-state index in [1.165, 1.54) is 25.1 Å². The number of hydrogen-bond donors (Lipinski definition) is 1. The summed E-state index contributed by atoms with van der Waals surface area (Å²) in [7, 11) is 0. The van der Waals surface area contributed by atoms with Crippen LogP contribution in [-0.2, 0) is 4.79 Å². The molecule has 1 N–H and O–H groups in total. The number of nitrogens with one attached hydrogen (secondary N) is 1. The lowest BCUT2D eigenvalue weighted by Gasteiger charge is -2.27. The van der Waals surface area contributed by atoms with Gasteiger partial charge in [0, 0.05) is 19.0 Å². The van der Waals surface area contributed by atoms with Gasteiger partial charge in [0.05, 0.1) is 11.7 Å². The second kappa shape index (κ2) is 7.50. The lowest BCUT2D eigenvalue weighted by Crippen LogP contribution is -2.30. The number of ether oxygens (including phenoxy) is 2. The molecule has 0 aromatic heterocycles. The number of carbonyl (C=O) groups excluding carboxylic acids is 2. The van der Waals surface area contributed by atoms with Gasteiger partial charge in [0.15, 0.2) is 11.5 Å². The molecule has 0 saturated carbocycles. The van der Waals surface area contributed by atoms with E-state index >= 15 is 0 Å². The highest BCUT2D eigenvalue weighted by atomic mass is 19.1. The summed E-state index contributed by atoms with van der Waals surface area (Å²) >= 11 is 0. The summed E-state index contributed by atoms with van der Waals surface area (Å²) in [5.41, 5.74) is 1.34. The predicted octanol–water partition coefficient (Wildman–Crippen LogP) is 3.53. The number of fused-ring (bicyclic) bond motifs is 1. The molecule has 0 unspecified atom stereocenters. The quantitative estimate of drug-likeness (QED) is 0.879. The lowest BCUT2D eigenvalue weighted by molar-refractivity contribution is -0.114. The molecule has 28 heavy (non-hydrogen) atoms. The smallest absolute Gasteiger partial charge is 0.254 e. The van der Waals surface area contributed by atoms with Gasteiger partial charge in [-0.15, -0.1) is 0 Å². The van der Waals surface area contributed by atoms with Crippen molar-refractivity contribution >= 4 is 17.5 Å². The van der Waals surface area contributed by atoms with Gasteiger partial charge in [-0.05, 0) is 48.7 Å². The Balaban J connectivity index is 1.60. The SMILES string of the molecule is CC(=O)Nc1cc(C(=O)N2CCC[C@H]2c2ccc3c(c2)OCCO3)ccc1F. The van der Waals surface area contributed by atoms with Gasteiger partial charge in [0.1, 0.15) is 19.0 Å². The summed E-state index contributed by atoms with van der Waals surface area (Å²) in [6, 6.07) is 9.71. The third kappa shape index (κ3) is 3.52. The lowest BCUT2D eigenvalue weighted by atomic mass is 10.0. The van der Waals surface area contributed by atoms with Crippen LogP contribution in [-0.4, -0.2) is 36.5 Å². The van der Waals surface area contributed by atoms with E-state index in [0.29, 0.717) is 36.8 Å². The van der Waals surface area contributed by atoms with Gasteiger partial charge in [-0.25, -0.2) is 4.39 Å². The number of rotatable bonds is 3. The Morgan fingerprint density at radius 3 is 2.68 bits per heavy atom. The molecule has 2 heterocycles. The van der Waals surface area contributed by atoms with Gasteiger partial charge >= 0.3 is 0 Å². The van der Waals surface area contributed by atoms with E-state index in [1.54, 1.807) is 4.90 Å². The minimum atomic E-state index is -0.573. The van der Waals surface area contributed by atoms with Gasteiger partial charge in [-0.2, -0.15) is 0 Å².